The summed E-state index contributed by atoms with van der Waals surface area (Å²) >= 11 is 6.48. The predicted molar refractivity (Wildman–Crippen MR) is 190 cm³/mol. The van der Waals surface area contributed by atoms with E-state index in [4.69, 9.17) is 16.3 Å². The molecule has 1 fully saturated rings. The number of sulfonamides is 1. The molecule has 4 aromatic rings. The van der Waals surface area contributed by atoms with Gasteiger partial charge in [0, 0.05) is 19.0 Å². The normalized spacial score (nSPS) is 13.9. The van der Waals surface area contributed by atoms with E-state index in [-0.39, 0.29) is 40.5 Å². The Bertz CT molecular complexity index is 1830. The minimum absolute atomic E-state index is 0.0258. The highest BCUT2D eigenvalue weighted by molar-refractivity contribution is 7.92. The molecule has 0 spiro atoms. The molecule has 0 unspecified atom stereocenters. The lowest BCUT2D eigenvalue weighted by Gasteiger charge is -2.34. The molecule has 1 atom stereocenters. The average Bonchev–Trinajstić information content (AvgIpc) is 3.58. The first-order chi connectivity index (χ1) is 23.0. The highest BCUT2D eigenvalue weighted by Crippen LogP contribution is 2.32. The number of carbonyl (C=O) groups is 2. The van der Waals surface area contributed by atoms with Crippen LogP contribution in [0, 0.1) is 13.8 Å². The number of halogens is 1. The zero-order chi connectivity index (χ0) is 34.3. The summed E-state index contributed by atoms with van der Waals surface area (Å²) in [6, 6.07) is 27.5. The van der Waals surface area contributed by atoms with E-state index >= 15 is 0 Å². The fourth-order valence-electron chi connectivity index (χ4n) is 6.11. The molecular formula is C38H42ClN3O5S. The van der Waals surface area contributed by atoms with Crippen LogP contribution in [-0.2, 0) is 32.6 Å². The molecule has 0 aliphatic heterocycles. The monoisotopic (exact) mass is 687 g/mol. The molecule has 252 valence electrons. The Hall–Kier alpha value is -4.34. The third-order valence-corrected chi connectivity index (χ3v) is 10.8. The number of anilines is 1. The number of benzene rings is 4. The molecule has 2 amide bonds. The maximum atomic E-state index is 14.7. The lowest BCUT2D eigenvalue weighted by molar-refractivity contribution is -0.140. The summed E-state index contributed by atoms with van der Waals surface area (Å²) in [6.45, 7) is 3.38. The summed E-state index contributed by atoms with van der Waals surface area (Å²) in [5.41, 5.74) is 3.81. The molecule has 1 N–H and O–H groups in total. The van der Waals surface area contributed by atoms with Crippen LogP contribution in [0.3, 0.4) is 0 Å². The predicted octanol–water partition coefficient (Wildman–Crippen LogP) is 6.86. The van der Waals surface area contributed by atoms with Gasteiger partial charge in [0.1, 0.15) is 18.3 Å². The van der Waals surface area contributed by atoms with Gasteiger partial charge in [-0.1, -0.05) is 102 Å². The minimum Gasteiger partial charge on any atom is -0.495 e. The zero-order valence-electron chi connectivity index (χ0n) is 27.6. The Balaban J connectivity index is 1.58. The summed E-state index contributed by atoms with van der Waals surface area (Å²) in [5, 5.41) is 3.40. The lowest BCUT2D eigenvalue weighted by atomic mass is 10.0. The maximum absolute atomic E-state index is 14.7. The maximum Gasteiger partial charge on any atom is 0.264 e. The lowest BCUT2D eigenvalue weighted by Crippen LogP contribution is -2.54. The highest BCUT2D eigenvalue weighted by Gasteiger charge is 2.35. The van der Waals surface area contributed by atoms with Crippen molar-refractivity contribution in [2.24, 2.45) is 0 Å². The van der Waals surface area contributed by atoms with Crippen molar-refractivity contribution in [3.05, 3.63) is 124 Å². The number of methoxy groups -OCH3 is 1. The van der Waals surface area contributed by atoms with Crippen LogP contribution in [0.2, 0.25) is 5.02 Å². The third kappa shape index (κ3) is 8.57. The Labute approximate surface area is 288 Å². The number of amides is 2. The van der Waals surface area contributed by atoms with Crippen LogP contribution < -0.4 is 14.4 Å². The van der Waals surface area contributed by atoms with Crippen LogP contribution >= 0.6 is 11.6 Å². The largest absolute Gasteiger partial charge is 0.495 e. The fraction of sp³-hybridized carbons (Fsp3) is 0.316. The number of carbonyl (C=O) groups excluding carboxylic acids is 2. The standard InChI is InChI=1S/C38H42ClN3O5S/c1-27-16-19-33(20-17-27)48(45,46)42(32-18-21-36(47-3)34(39)24-32)26-37(43)41(25-30-13-9-10-28(2)22-30)35(23-29-11-5-4-6-12-29)38(44)40-31-14-7-8-15-31/h4-6,9-13,16-22,24,31,35H,7-8,14-15,23,25-26H2,1-3H3,(H,40,44)/t35-/m1/s1. The first-order valence-electron chi connectivity index (χ1n) is 16.2. The van der Waals surface area contributed by atoms with E-state index in [1.807, 2.05) is 68.4 Å². The Morgan fingerprint density at radius 2 is 1.56 bits per heavy atom. The molecule has 0 saturated heterocycles. The third-order valence-electron chi connectivity index (χ3n) is 8.72. The van der Waals surface area contributed by atoms with Gasteiger partial charge in [-0.15, -0.1) is 0 Å². The van der Waals surface area contributed by atoms with Crippen LogP contribution in [0.4, 0.5) is 5.69 Å². The first-order valence-corrected chi connectivity index (χ1v) is 18.0. The number of nitrogens with one attached hydrogen (secondary N) is 1. The summed E-state index contributed by atoms with van der Waals surface area (Å²) in [7, 11) is -2.78. The molecule has 48 heavy (non-hydrogen) atoms. The van der Waals surface area contributed by atoms with E-state index in [0.29, 0.717) is 5.75 Å². The van der Waals surface area contributed by atoms with Crippen molar-refractivity contribution < 1.29 is 22.7 Å². The van der Waals surface area contributed by atoms with Crippen molar-refractivity contribution in [2.45, 2.75) is 69.5 Å². The number of rotatable bonds is 13. The molecule has 0 bridgehead atoms. The van der Waals surface area contributed by atoms with Crippen LogP contribution in [0.25, 0.3) is 0 Å². The molecule has 4 aromatic carbocycles. The van der Waals surface area contributed by atoms with Crippen molar-refractivity contribution in [1.29, 1.82) is 0 Å². The molecule has 8 nitrogen and oxygen atoms in total. The highest BCUT2D eigenvalue weighted by atomic mass is 35.5. The topological polar surface area (TPSA) is 96.0 Å². The Morgan fingerprint density at radius 1 is 0.875 bits per heavy atom. The summed E-state index contributed by atoms with van der Waals surface area (Å²) in [6.07, 6.45) is 4.11. The van der Waals surface area contributed by atoms with Gasteiger partial charge in [-0.25, -0.2) is 8.42 Å². The van der Waals surface area contributed by atoms with Gasteiger partial charge in [-0.3, -0.25) is 13.9 Å². The number of hydrogen-bond acceptors (Lipinski definition) is 5. The molecule has 0 radical (unpaired) electrons. The van der Waals surface area contributed by atoms with E-state index in [2.05, 4.69) is 5.32 Å². The SMILES string of the molecule is COc1ccc(N(CC(=O)N(Cc2cccc(C)c2)[C@H](Cc2ccccc2)C(=O)NC2CCCC2)S(=O)(=O)c2ccc(C)cc2)cc1Cl. The van der Waals surface area contributed by atoms with Gasteiger partial charge < -0.3 is 15.0 Å². The molecule has 10 heteroatoms. The molecule has 1 aliphatic rings. The van der Waals surface area contributed by atoms with Gasteiger partial charge in [-0.05, 0) is 68.1 Å². The first kappa shape index (κ1) is 35.0. The fourth-order valence-corrected chi connectivity index (χ4v) is 7.76. The second-order valence-electron chi connectivity index (χ2n) is 12.3. The van der Waals surface area contributed by atoms with Gasteiger partial charge in [0.15, 0.2) is 0 Å². The minimum atomic E-state index is -4.25. The molecular weight excluding hydrogens is 646 g/mol. The van der Waals surface area contributed by atoms with Crippen molar-refractivity contribution in [3.63, 3.8) is 0 Å². The number of hydrogen-bond donors (Lipinski definition) is 1. The van der Waals surface area contributed by atoms with Gasteiger partial charge in [-0.2, -0.15) is 0 Å². The molecule has 1 saturated carbocycles. The second-order valence-corrected chi connectivity index (χ2v) is 14.6. The number of ether oxygens (including phenoxy) is 1. The zero-order valence-corrected chi connectivity index (χ0v) is 29.1. The number of nitrogens with zero attached hydrogens (tertiary/aromatic N) is 2. The summed E-state index contributed by atoms with van der Waals surface area (Å²) in [5.74, 6) is -0.416. The summed E-state index contributed by atoms with van der Waals surface area (Å²) < 4.78 is 35.0. The molecule has 5 rings (SSSR count). The molecule has 0 aromatic heterocycles. The van der Waals surface area contributed by atoms with E-state index in [9.17, 15) is 18.0 Å². The van der Waals surface area contributed by atoms with Crippen molar-refractivity contribution in [2.75, 3.05) is 18.0 Å². The smallest absolute Gasteiger partial charge is 0.264 e. The van der Waals surface area contributed by atoms with E-state index < -0.39 is 28.5 Å². The van der Waals surface area contributed by atoms with E-state index in [0.717, 1.165) is 52.2 Å². The Morgan fingerprint density at radius 3 is 2.21 bits per heavy atom. The average molecular weight is 688 g/mol. The quantitative estimate of drug-likeness (QED) is 0.166. The van der Waals surface area contributed by atoms with Gasteiger partial charge in [0.25, 0.3) is 10.0 Å². The van der Waals surface area contributed by atoms with Gasteiger partial charge in [0.2, 0.25) is 11.8 Å². The van der Waals surface area contributed by atoms with Gasteiger partial charge >= 0.3 is 0 Å². The second kappa shape index (κ2) is 15.7. The van der Waals surface area contributed by atoms with Gasteiger partial charge in [0.05, 0.1) is 22.7 Å². The Kier molecular flexibility index (Phi) is 11.4. The molecule has 1 aliphatic carbocycles. The van der Waals surface area contributed by atoms with Crippen molar-refractivity contribution >= 4 is 39.1 Å². The van der Waals surface area contributed by atoms with E-state index in [1.165, 1.54) is 30.2 Å². The van der Waals surface area contributed by atoms with E-state index in [1.54, 1.807) is 24.3 Å². The van der Waals surface area contributed by atoms with Crippen LogP contribution in [-0.4, -0.2) is 50.9 Å². The molecule has 0 heterocycles. The number of aryl methyl sites for hydroxylation is 2. The van der Waals surface area contributed by atoms with Crippen LogP contribution in [0.5, 0.6) is 5.75 Å². The van der Waals surface area contributed by atoms with Crippen molar-refractivity contribution in [1.82, 2.24) is 10.2 Å². The van der Waals surface area contributed by atoms with Crippen LogP contribution in [0.1, 0.15) is 47.9 Å². The van der Waals surface area contributed by atoms with Crippen LogP contribution in [0.15, 0.2) is 102 Å². The van der Waals surface area contributed by atoms with Crippen molar-refractivity contribution in [3.8, 4) is 5.75 Å². The summed E-state index contributed by atoms with van der Waals surface area (Å²) in [4.78, 5) is 30.4.